The van der Waals surface area contributed by atoms with Crippen LogP contribution in [0.5, 0.6) is 0 Å². The zero-order chi connectivity index (χ0) is 21.9. The quantitative estimate of drug-likeness (QED) is 0.530. The van der Waals surface area contributed by atoms with Gasteiger partial charge in [-0.05, 0) is 68.8 Å². The van der Waals surface area contributed by atoms with Crippen LogP contribution in [0.15, 0.2) is 82.6 Å². The summed E-state index contributed by atoms with van der Waals surface area (Å²) in [6, 6.07) is 25.1. The van der Waals surface area contributed by atoms with Crippen LogP contribution in [0, 0.1) is 0 Å². The van der Waals surface area contributed by atoms with Crippen molar-refractivity contribution in [2.75, 3.05) is 24.5 Å². The summed E-state index contributed by atoms with van der Waals surface area (Å²) < 4.78 is 0. The van der Waals surface area contributed by atoms with Crippen molar-refractivity contribution in [3.63, 3.8) is 0 Å². The molecule has 2 aliphatic heterocycles. The molecule has 5 rings (SSSR count). The Labute approximate surface area is 194 Å². The molecule has 0 radical (unpaired) electrons. The van der Waals surface area contributed by atoms with Gasteiger partial charge in [0.25, 0.3) is 5.91 Å². The Morgan fingerprint density at radius 2 is 1.66 bits per heavy atom. The number of amides is 1. The van der Waals surface area contributed by atoms with E-state index in [1.807, 2.05) is 36.4 Å². The van der Waals surface area contributed by atoms with Gasteiger partial charge in [0, 0.05) is 34.5 Å². The molecular formula is C27H29N3OS. The van der Waals surface area contributed by atoms with E-state index in [-0.39, 0.29) is 5.91 Å². The normalized spacial score (nSPS) is 16.3. The van der Waals surface area contributed by atoms with Crippen LogP contribution < -0.4 is 10.2 Å². The first-order valence-electron chi connectivity index (χ1n) is 11.4. The first kappa shape index (κ1) is 21.1. The number of likely N-dealkylation sites (tertiary alicyclic amines) is 1. The SMILES string of the molecule is CC(CN1CCCC1)N1c2ccccc2Sc2ccc(C(=O)NCc3ccccc3)cc21. The monoisotopic (exact) mass is 443 g/mol. The second kappa shape index (κ2) is 9.39. The minimum atomic E-state index is -0.0346. The number of nitrogens with one attached hydrogen (secondary N) is 1. The number of hydrogen-bond donors (Lipinski definition) is 1. The van der Waals surface area contributed by atoms with Crippen molar-refractivity contribution in [1.29, 1.82) is 0 Å². The molecule has 1 fully saturated rings. The van der Waals surface area contributed by atoms with E-state index in [0.717, 1.165) is 17.8 Å². The Morgan fingerprint density at radius 3 is 2.47 bits per heavy atom. The van der Waals surface area contributed by atoms with Gasteiger partial charge in [-0.1, -0.05) is 54.2 Å². The molecule has 5 heteroatoms. The second-order valence-corrected chi connectivity index (χ2v) is 9.73. The fourth-order valence-corrected chi connectivity index (χ4v) is 5.75. The van der Waals surface area contributed by atoms with E-state index in [4.69, 9.17) is 0 Å². The molecule has 2 aliphatic rings. The Morgan fingerprint density at radius 1 is 0.938 bits per heavy atom. The molecule has 32 heavy (non-hydrogen) atoms. The third-order valence-electron chi connectivity index (χ3n) is 6.28. The van der Waals surface area contributed by atoms with E-state index in [1.54, 1.807) is 11.8 Å². The van der Waals surface area contributed by atoms with E-state index >= 15 is 0 Å². The van der Waals surface area contributed by atoms with Gasteiger partial charge in [-0.25, -0.2) is 0 Å². The van der Waals surface area contributed by atoms with Crippen LogP contribution in [0.3, 0.4) is 0 Å². The van der Waals surface area contributed by atoms with Gasteiger partial charge in [0.2, 0.25) is 0 Å². The molecule has 0 bridgehead atoms. The Bertz CT molecular complexity index is 1100. The highest BCUT2D eigenvalue weighted by molar-refractivity contribution is 7.99. The summed E-state index contributed by atoms with van der Waals surface area (Å²) in [5.74, 6) is -0.0346. The molecule has 1 N–H and O–H groups in total. The van der Waals surface area contributed by atoms with Gasteiger partial charge >= 0.3 is 0 Å². The van der Waals surface area contributed by atoms with Gasteiger partial charge < -0.3 is 15.1 Å². The minimum absolute atomic E-state index is 0.0346. The maximum atomic E-state index is 13.0. The topological polar surface area (TPSA) is 35.6 Å². The van der Waals surface area contributed by atoms with E-state index < -0.39 is 0 Å². The van der Waals surface area contributed by atoms with Crippen LogP contribution >= 0.6 is 11.8 Å². The number of nitrogens with zero attached hydrogens (tertiary/aromatic N) is 2. The van der Waals surface area contributed by atoms with Crippen molar-refractivity contribution < 1.29 is 4.79 Å². The van der Waals surface area contributed by atoms with Crippen molar-refractivity contribution in [2.45, 2.75) is 42.1 Å². The van der Waals surface area contributed by atoms with Crippen LogP contribution in [0.25, 0.3) is 0 Å². The third-order valence-corrected chi connectivity index (χ3v) is 7.41. The standard InChI is InChI=1S/C27H29N3OS/c1-20(19-29-15-7-8-16-29)30-23-11-5-6-12-25(23)32-26-14-13-22(17-24(26)30)27(31)28-18-21-9-3-2-4-10-21/h2-6,9-14,17,20H,7-8,15-16,18-19H2,1H3,(H,28,31). The first-order valence-corrected chi connectivity index (χ1v) is 12.3. The van der Waals surface area contributed by atoms with Crippen LogP contribution in [-0.4, -0.2) is 36.5 Å². The van der Waals surface area contributed by atoms with Crippen molar-refractivity contribution >= 4 is 29.0 Å². The lowest BCUT2D eigenvalue weighted by atomic mass is 10.1. The predicted molar refractivity (Wildman–Crippen MR) is 132 cm³/mol. The van der Waals surface area contributed by atoms with E-state index in [2.05, 4.69) is 58.4 Å². The Balaban J connectivity index is 1.42. The highest BCUT2D eigenvalue weighted by Gasteiger charge is 2.29. The van der Waals surface area contributed by atoms with Crippen LogP contribution in [-0.2, 0) is 6.54 Å². The smallest absolute Gasteiger partial charge is 0.251 e. The average molecular weight is 444 g/mol. The number of carbonyl (C=O) groups is 1. The fraction of sp³-hybridized carbons (Fsp3) is 0.296. The summed E-state index contributed by atoms with van der Waals surface area (Å²) in [6.07, 6.45) is 2.59. The summed E-state index contributed by atoms with van der Waals surface area (Å²) in [5, 5.41) is 3.07. The van der Waals surface area contributed by atoms with Gasteiger partial charge in [-0.2, -0.15) is 0 Å². The molecular weight excluding hydrogens is 414 g/mol. The highest BCUT2D eigenvalue weighted by atomic mass is 32.2. The number of rotatable bonds is 6. The molecule has 164 valence electrons. The minimum Gasteiger partial charge on any atom is -0.348 e. The lowest BCUT2D eigenvalue weighted by molar-refractivity contribution is 0.0951. The summed E-state index contributed by atoms with van der Waals surface area (Å²) >= 11 is 1.79. The zero-order valence-corrected chi connectivity index (χ0v) is 19.3. The van der Waals surface area contributed by atoms with Crippen molar-refractivity contribution in [3.05, 3.63) is 83.9 Å². The molecule has 0 aromatic heterocycles. The Kier molecular flexibility index (Phi) is 6.19. The number of hydrogen-bond acceptors (Lipinski definition) is 4. The Hall–Kier alpha value is -2.76. The van der Waals surface area contributed by atoms with Crippen molar-refractivity contribution in [2.24, 2.45) is 0 Å². The second-order valence-electron chi connectivity index (χ2n) is 8.65. The molecule has 1 amide bonds. The lowest BCUT2D eigenvalue weighted by Crippen LogP contribution is -2.40. The number of benzene rings is 3. The van der Waals surface area contributed by atoms with Gasteiger partial charge in [0.05, 0.1) is 11.4 Å². The summed E-state index contributed by atoms with van der Waals surface area (Å²) in [7, 11) is 0. The molecule has 2 heterocycles. The first-order chi connectivity index (χ1) is 15.7. The van der Waals surface area contributed by atoms with E-state index in [9.17, 15) is 4.79 Å². The number of para-hydroxylation sites is 1. The molecule has 0 saturated carbocycles. The molecule has 0 spiro atoms. The number of fused-ring (bicyclic) bond motifs is 2. The van der Waals surface area contributed by atoms with Gasteiger partial charge in [0.15, 0.2) is 0 Å². The maximum Gasteiger partial charge on any atom is 0.251 e. The fourth-order valence-electron chi connectivity index (χ4n) is 4.70. The highest BCUT2D eigenvalue weighted by Crippen LogP contribution is 2.49. The zero-order valence-electron chi connectivity index (χ0n) is 18.5. The average Bonchev–Trinajstić information content (AvgIpc) is 3.34. The van der Waals surface area contributed by atoms with Crippen LogP contribution in [0.4, 0.5) is 11.4 Å². The van der Waals surface area contributed by atoms with Crippen molar-refractivity contribution in [1.82, 2.24) is 10.2 Å². The number of anilines is 2. The van der Waals surface area contributed by atoms with Gasteiger partial charge in [-0.15, -0.1) is 0 Å². The lowest BCUT2D eigenvalue weighted by Gasteiger charge is -2.39. The molecule has 1 atom stereocenters. The molecule has 3 aromatic carbocycles. The van der Waals surface area contributed by atoms with Gasteiger partial charge in [0.1, 0.15) is 0 Å². The predicted octanol–water partition coefficient (Wildman–Crippen LogP) is 5.70. The van der Waals surface area contributed by atoms with Crippen LogP contribution in [0.2, 0.25) is 0 Å². The number of carbonyl (C=O) groups excluding carboxylic acids is 1. The molecule has 4 nitrogen and oxygen atoms in total. The summed E-state index contributed by atoms with van der Waals surface area (Å²) in [5.41, 5.74) is 4.17. The molecule has 0 aliphatic carbocycles. The summed E-state index contributed by atoms with van der Waals surface area (Å²) in [6.45, 7) is 6.23. The molecule has 3 aromatic rings. The van der Waals surface area contributed by atoms with E-state index in [1.165, 1.54) is 41.4 Å². The molecule has 1 saturated heterocycles. The summed E-state index contributed by atoms with van der Waals surface area (Å²) in [4.78, 5) is 20.4. The van der Waals surface area contributed by atoms with E-state index in [0.29, 0.717) is 18.2 Å². The molecule has 1 unspecified atom stereocenters. The van der Waals surface area contributed by atoms with Crippen LogP contribution in [0.1, 0.15) is 35.7 Å². The van der Waals surface area contributed by atoms with Gasteiger partial charge in [-0.3, -0.25) is 4.79 Å². The van der Waals surface area contributed by atoms with Crippen molar-refractivity contribution in [3.8, 4) is 0 Å². The third kappa shape index (κ3) is 4.41. The maximum absolute atomic E-state index is 13.0. The largest absolute Gasteiger partial charge is 0.348 e.